The van der Waals surface area contributed by atoms with Crippen LogP contribution in [0.1, 0.15) is 29.4 Å². The Kier molecular flexibility index (Phi) is 4.55. The molecule has 7 heteroatoms. The number of aryl methyl sites for hydroxylation is 1. The Balaban J connectivity index is 1.44. The van der Waals surface area contributed by atoms with Gasteiger partial charge in [0.2, 0.25) is 0 Å². The van der Waals surface area contributed by atoms with E-state index in [4.69, 9.17) is 9.47 Å². The van der Waals surface area contributed by atoms with Crippen molar-refractivity contribution in [2.45, 2.75) is 31.5 Å². The summed E-state index contributed by atoms with van der Waals surface area (Å²) >= 11 is 0. The van der Waals surface area contributed by atoms with Crippen LogP contribution in [0.15, 0.2) is 24.4 Å². The molecule has 4 heterocycles. The second-order valence-corrected chi connectivity index (χ2v) is 6.52. The van der Waals surface area contributed by atoms with Crippen molar-refractivity contribution in [1.29, 1.82) is 0 Å². The molecular formula is C17H23N5O2. The first-order chi connectivity index (χ1) is 11.8. The molecule has 2 aromatic rings. The molecule has 0 saturated carbocycles. The van der Waals surface area contributed by atoms with Gasteiger partial charge in [0, 0.05) is 44.9 Å². The van der Waals surface area contributed by atoms with E-state index in [0.717, 1.165) is 44.1 Å². The van der Waals surface area contributed by atoms with Crippen LogP contribution in [0, 0.1) is 0 Å². The molecule has 0 aromatic carbocycles. The number of hydrogen-bond acceptors (Lipinski definition) is 6. The summed E-state index contributed by atoms with van der Waals surface area (Å²) in [6.45, 7) is 4.67. The zero-order valence-corrected chi connectivity index (χ0v) is 14.0. The maximum absolute atomic E-state index is 5.96. The van der Waals surface area contributed by atoms with Gasteiger partial charge in [-0.25, -0.2) is 0 Å². The third-order valence-electron chi connectivity index (χ3n) is 4.86. The van der Waals surface area contributed by atoms with Crippen molar-refractivity contribution in [1.82, 2.24) is 24.9 Å². The molecule has 0 spiro atoms. The van der Waals surface area contributed by atoms with Crippen molar-refractivity contribution < 1.29 is 9.47 Å². The maximum Gasteiger partial charge on any atom is 0.100 e. The van der Waals surface area contributed by atoms with E-state index in [-0.39, 0.29) is 5.92 Å². The molecule has 4 rings (SSSR count). The van der Waals surface area contributed by atoms with Crippen LogP contribution >= 0.6 is 0 Å². The predicted molar refractivity (Wildman–Crippen MR) is 87.3 cm³/mol. The van der Waals surface area contributed by atoms with Crippen molar-refractivity contribution in [2.24, 2.45) is 7.05 Å². The summed E-state index contributed by atoms with van der Waals surface area (Å²) in [5, 5.41) is 8.57. The lowest BCUT2D eigenvalue weighted by molar-refractivity contribution is 0.0674. The summed E-state index contributed by atoms with van der Waals surface area (Å²) in [6.07, 6.45) is 2.89. The average Bonchev–Trinajstić information content (AvgIpc) is 3.26. The molecule has 2 atom stereocenters. The number of rotatable bonds is 5. The predicted octanol–water partition coefficient (Wildman–Crippen LogP) is 1.11. The van der Waals surface area contributed by atoms with Crippen LogP contribution in [0.5, 0.6) is 0 Å². The number of hydrogen-bond donors (Lipinski definition) is 0. The van der Waals surface area contributed by atoms with Gasteiger partial charge in [0.05, 0.1) is 31.2 Å². The van der Waals surface area contributed by atoms with Gasteiger partial charge in [0.25, 0.3) is 0 Å². The minimum absolute atomic E-state index is 0.276. The largest absolute Gasteiger partial charge is 0.380 e. The quantitative estimate of drug-likeness (QED) is 0.819. The van der Waals surface area contributed by atoms with Gasteiger partial charge in [-0.3, -0.25) is 14.6 Å². The zero-order valence-electron chi connectivity index (χ0n) is 14.0. The van der Waals surface area contributed by atoms with E-state index in [2.05, 4.69) is 20.2 Å². The molecular weight excluding hydrogens is 306 g/mol. The molecule has 1 saturated heterocycles. The highest BCUT2D eigenvalue weighted by Crippen LogP contribution is 2.30. The van der Waals surface area contributed by atoms with E-state index in [1.165, 1.54) is 5.69 Å². The van der Waals surface area contributed by atoms with Crippen LogP contribution in [0.2, 0.25) is 0 Å². The van der Waals surface area contributed by atoms with Crippen molar-refractivity contribution >= 4 is 0 Å². The van der Waals surface area contributed by atoms with E-state index in [0.29, 0.717) is 19.3 Å². The van der Waals surface area contributed by atoms with Gasteiger partial charge >= 0.3 is 0 Å². The second-order valence-electron chi connectivity index (χ2n) is 6.52. The summed E-state index contributed by atoms with van der Waals surface area (Å²) in [5.74, 6) is 0.276. The number of pyridine rings is 1. The minimum Gasteiger partial charge on any atom is -0.380 e. The number of fused-ring (bicyclic) bond motifs is 1. The van der Waals surface area contributed by atoms with Gasteiger partial charge in [-0.05, 0) is 18.6 Å². The highest BCUT2D eigenvalue weighted by molar-refractivity contribution is 5.20. The fraction of sp³-hybridized carbons (Fsp3) is 0.588. The van der Waals surface area contributed by atoms with Crippen molar-refractivity contribution in [3.8, 4) is 0 Å². The fourth-order valence-electron chi connectivity index (χ4n) is 3.66. The van der Waals surface area contributed by atoms with E-state index >= 15 is 0 Å². The molecule has 7 nitrogen and oxygen atoms in total. The molecule has 0 unspecified atom stereocenters. The Morgan fingerprint density at radius 1 is 1.38 bits per heavy atom. The smallest absolute Gasteiger partial charge is 0.100 e. The SMILES string of the molecule is Cn1nnc2c1[C@H](COCc1ccccn1)CN([C@@H]1CCOC1)C2. The lowest BCUT2D eigenvalue weighted by Crippen LogP contribution is -2.43. The Hall–Kier alpha value is -1.83. The minimum atomic E-state index is 0.276. The van der Waals surface area contributed by atoms with E-state index in [1.54, 1.807) is 6.20 Å². The summed E-state index contributed by atoms with van der Waals surface area (Å²) in [6, 6.07) is 6.37. The van der Waals surface area contributed by atoms with Crippen LogP contribution in [0.25, 0.3) is 0 Å². The van der Waals surface area contributed by atoms with Crippen LogP contribution < -0.4 is 0 Å². The maximum atomic E-state index is 5.96. The van der Waals surface area contributed by atoms with E-state index in [1.807, 2.05) is 29.9 Å². The highest BCUT2D eigenvalue weighted by Gasteiger charge is 2.34. The van der Waals surface area contributed by atoms with Crippen molar-refractivity contribution in [3.05, 3.63) is 41.5 Å². The van der Waals surface area contributed by atoms with Crippen molar-refractivity contribution in [3.63, 3.8) is 0 Å². The molecule has 2 aliphatic rings. The van der Waals surface area contributed by atoms with Gasteiger partial charge in [0.1, 0.15) is 5.69 Å². The van der Waals surface area contributed by atoms with Crippen LogP contribution in [0.3, 0.4) is 0 Å². The molecule has 128 valence electrons. The Morgan fingerprint density at radius 2 is 2.33 bits per heavy atom. The Morgan fingerprint density at radius 3 is 3.12 bits per heavy atom. The molecule has 24 heavy (non-hydrogen) atoms. The molecule has 2 aliphatic heterocycles. The highest BCUT2D eigenvalue weighted by atomic mass is 16.5. The number of ether oxygens (including phenoxy) is 2. The fourth-order valence-corrected chi connectivity index (χ4v) is 3.66. The number of nitrogens with zero attached hydrogens (tertiary/aromatic N) is 5. The van der Waals surface area contributed by atoms with Gasteiger partial charge < -0.3 is 9.47 Å². The molecule has 1 fully saturated rings. The molecule has 0 radical (unpaired) electrons. The summed E-state index contributed by atoms with van der Waals surface area (Å²) in [7, 11) is 1.96. The molecule has 0 aliphatic carbocycles. The summed E-state index contributed by atoms with van der Waals surface area (Å²) in [4.78, 5) is 6.78. The van der Waals surface area contributed by atoms with Gasteiger partial charge in [-0.2, -0.15) is 0 Å². The molecule has 0 amide bonds. The molecule has 0 bridgehead atoms. The summed E-state index contributed by atoms with van der Waals surface area (Å²) in [5.41, 5.74) is 3.23. The third kappa shape index (κ3) is 3.19. The van der Waals surface area contributed by atoms with Crippen molar-refractivity contribution in [2.75, 3.05) is 26.4 Å². The van der Waals surface area contributed by atoms with Gasteiger partial charge in [0.15, 0.2) is 0 Å². The third-order valence-corrected chi connectivity index (χ3v) is 4.86. The van der Waals surface area contributed by atoms with E-state index < -0.39 is 0 Å². The standard InChI is InChI=1S/C17H23N5O2/c1-21-17-13(10-24-11-14-4-2-3-6-18-14)8-22(9-16(17)19-20-21)15-5-7-23-12-15/h2-4,6,13,15H,5,7-12H2,1H3/t13-,15+/m0/s1. The number of aromatic nitrogens is 4. The van der Waals surface area contributed by atoms with E-state index in [9.17, 15) is 0 Å². The van der Waals surface area contributed by atoms with Gasteiger partial charge in [-0.15, -0.1) is 5.10 Å². The van der Waals surface area contributed by atoms with Crippen LogP contribution in [0.4, 0.5) is 0 Å². The second kappa shape index (κ2) is 6.96. The van der Waals surface area contributed by atoms with Gasteiger partial charge in [-0.1, -0.05) is 11.3 Å². The zero-order chi connectivity index (χ0) is 16.4. The van der Waals surface area contributed by atoms with Crippen LogP contribution in [-0.2, 0) is 29.7 Å². The lowest BCUT2D eigenvalue weighted by atomic mass is 9.97. The Labute approximate surface area is 141 Å². The molecule has 2 aromatic heterocycles. The normalized spacial score (nSPS) is 24.2. The Bertz CT molecular complexity index is 669. The first-order valence-corrected chi connectivity index (χ1v) is 8.49. The first-order valence-electron chi connectivity index (χ1n) is 8.49. The topological polar surface area (TPSA) is 65.3 Å². The van der Waals surface area contributed by atoms with Crippen LogP contribution in [-0.4, -0.2) is 57.3 Å². The first kappa shape index (κ1) is 15.7. The monoisotopic (exact) mass is 329 g/mol. The average molecular weight is 329 g/mol. The summed E-state index contributed by atoms with van der Waals surface area (Å²) < 4.78 is 13.4. The lowest BCUT2D eigenvalue weighted by Gasteiger charge is -2.35. The molecule has 0 N–H and O–H groups in total.